The van der Waals surface area contributed by atoms with Gasteiger partial charge in [-0.05, 0) is 17.0 Å². The second-order valence-electron chi connectivity index (χ2n) is 4.24. The molecule has 1 heterocycles. The molecule has 2 N–H and O–H groups in total. The van der Waals surface area contributed by atoms with Crippen LogP contribution in [0.25, 0.3) is 10.8 Å². The maximum absolute atomic E-state index is 11.1. The van der Waals surface area contributed by atoms with Gasteiger partial charge in [-0.25, -0.2) is 0 Å². The van der Waals surface area contributed by atoms with Gasteiger partial charge in [0.15, 0.2) is 0 Å². The molecule has 0 bridgehead atoms. The Morgan fingerprint density at radius 2 is 2.16 bits per heavy atom. The molecular weight excluding hydrogens is 246 g/mol. The summed E-state index contributed by atoms with van der Waals surface area (Å²) < 4.78 is 4.47. The Bertz CT molecular complexity index is 579. The van der Waals surface area contributed by atoms with E-state index in [9.17, 15) is 15.0 Å². The van der Waals surface area contributed by atoms with Gasteiger partial charge in [0.25, 0.3) is 0 Å². The van der Waals surface area contributed by atoms with E-state index in [2.05, 4.69) is 9.72 Å². The molecule has 0 aliphatic heterocycles. The second-order valence-corrected chi connectivity index (χ2v) is 4.24. The molecule has 5 heteroatoms. The molecule has 2 unspecified atom stereocenters. The van der Waals surface area contributed by atoms with E-state index < -0.39 is 18.2 Å². The molecule has 0 saturated heterocycles. The largest absolute Gasteiger partial charge is 0.469 e. The van der Waals surface area contributed by atoms with Crippen LogP contribution in [0.1, 0.15) is 18.1 Å². The fourth-order valence-electron chi connectivity index (χ4n) is 1.98. The molecule has 2 aromatic rings. The first kappa shape index (κ1) is 13.5. The van der Waals surface area contributed by atoms with Crippen LogP contribution < -0.4 is 0 Å². The summed E-state index contributed by atoms with van der Waals surface area (Å²) in [7, 11) is 1.24. The van der Waals surface area contributed by atoms with Gasteiger partial charge < -0.3 is 14.9 Å². The number of carbonyl (C=O) groups is 1. The number of fused-ring (bicyclic) bond motifs is 1. The molecule has 0 aliphatic carbocycles. The monoisotopic (exact) mass is 261 g/mol. The van der Waals surface area contributed by atoms with Crippen LogP contribution >= 0.6 is 0 Å². The van der Waals surface area contributed by atoms with Crippen LogP contribution in [0, 0.1) is 0 Å². The number of benzene rings is 1. The third-order valence-electron chi connectivity index (χ3n) is 3.00. The predicted octanol–water partition coefficient (Wildman–Crippen LogP) is 1.19. The molecule has 1 aromatic heterocycles. The average Bonchev–Trinajstić information content (AvgIpc) is 2.45. The predicted molar refractivity (Wildman–Crippen MR) is 69.3 cm³/mol. The Balaban J connectivity index is 2.30. The Hall–Kier alpha value is -1.98. The van der Waals surface area contributed by atoms with Crippen molar-refractivity contribution in [2.24, 2.45) is 0 Å². The van der Waals surface area contributed by atoms with Crippen LogP contribution in [0.2, 0.25) is 0 Å². The molecule has 0 fully saturated rings. The smallest absolute Gasteiger partial charge is 0.308 e. The highest BCUT2D eigenvalue weighted by molar-refractivity contribution is 5.85. The van der Waals surface area contributed by atoms with Gasteiger partial charge in [-0.15, -0.1) is 0 Å². The minimum absolute atomic E-state index is 0.251. The van der Waals surface area contributed by atoms with Crippen LogP contribution in [-0.4, -0.2) is 34.4 Å². The maximum atomic E-state index is 11.1. The van der Waals surface area contributed by atoms with Gasteiger partial charge in [-0.1, -0.05) is 18.2 Å². The van der Waals surface area contributed by atoms with Crippen LogP contribution in [0.4, 0.5) is 0 Å². The van der Waals surface area contributed by atoms with Crippen molar-refractivity contribution in [2.45, 2.75) is 18.6 Å². The van der Waals surface area contributed by atoms with Gasteiger partial charge >= 0.3 is 5.97 Å². The molecule has 2 atom stereocenters. The summed E-state index contributed by atoms with van der Waals surface area (Å²) in [5, 5.41) is 21.7. The van der Waals surface area contributed by atoms with Crippen LogP contribution in [-0.2, 0) is 9.53 Å². The Labute approximate surface area is 110 Å². The lowest BCUT2D eigenvalue weighted by molar-refractivity contribution is -0.144. The van der Waals surface area contributed by atoms with Crippen molar-refractivity contribution in [2.75, 3.05) is 7.11 Å². The number of aliphatic hydroxyl groups excluding tert-OH is 2. The van der Waals surface area contributed by atoms with Gasteiger partial charge in [-0.3, -0.25) is 9.78 Å². The van der Waals surface area contributed by atoms with Crippen molar-refractivity contribution in [3.63, 3.8) is 0 Å². The molecule has 2 rings (SSSR count). The fourth-order valence-corrected chi connectivity index (χ4v) is 1.98. The van der Waals surface area contributed by atoms with Gasteiger partial charge in [0, 0.05) is 17.8 Å². The highest BCUT2D eigenvalue weighted by Gasteiger charge is 2.23. The lowest BCUT2D eigenvalue weighted by Gasteiger charge is -2.18. The number of hydrogen-bond donors (Lipinski definition) is 2. The van der Waals surface area contributed by atoms with Gasteiger partial charge in [-0.2, -0.15) is 0 Å². The van der Waals surface area contributed by atoms with Crippen molar-refractivity contribution < 1.29 is 19.7 Å². The summed E-state index contributed by atoms with van der Waals surface area (Å²) >= 11 is 0. The van der Waals surface area contributed by atoms with Crippen LogP contribution in [0.5, 0.6) is 0 Å². The third kappa shape index (κ3) is 2.89. The van der Waals surface area contributed by atoms with Gasteiger partial charge in [0.2, 0.25) is 0 Å². The fraction of sp³-hybridized carbons (Fsp3) is 0.286. The van der Waals surface area contributed by atoms with Gasteiger partial charge in [0.05, 0.1) is 19.6 Å². The summed E-state index contributed by atoms with van der Waals surface area (Å²) in [5.74, 6) is -0.562. The molecular formula is C14H15NO4. The highest BCUT2D eigenvalue weighted by Crippen LogP contribution is 2.26. The highest BCUT2D eigenvalue weighted by atomic mass is 16.5. The minimum atomic E-state index is -1.20. The van der Waals surface area contributed by atoms with E-state index in [0.717, 1.165) is 10.8 Å². The number of pyridine rings is 1. The van der Waals surface area contributed by atoms with E-state index >= 15 is 0 Å². The number of ether oxygens (including phenoxy) is 1. The van der Waals surface area contributed by atoms with Crippen molar-refractivity contribution >= 4 is 16.7 Å². The van der Waals surface area contributed by atoms with E-state index in [0.29, 0.717) is 5.56 Å². The summed E-state index contributed by atoms with van der Waals surface area (Å²) in [6, 6.07) is 7.12. The van der Waals surface area contributed by atoms with Crippen molar-refractivity contribution in [1.82, 2.24) is 4.98 Å². The second kappa shape index (κ2) is 5.77. The number of hydrogen-bond acceptors (Lipinski definition) is 5. The Morgan fingerprint density at radius 1 is 1.37 bits per heavy atom. The Kier molecular flexibility index (Phi) is 4.09. The number of carbonyl (C=O) groups excluding carboxylic acids is 1. The Morgan fingerprint density at radius 3 is 2.89 bits per heavy atom. The lowest BCUT2D eigenvalue weighted by Crippen LogP contribution is -2.22. The molecule has 1 aromatic carbocycles. The maximum Gasteiger partial charge on any atom is 0.308 e. The number of methoxy groups -OCH3 is 1. The van der Waals surface area contributed by atoms with E-state index in [4.69, 9.17) is 0 Å². The quantitative estimate of drug-likeness (QED) is 0.808. The zero-order valence-electron chi connectivity index (χ0n) is 10.5. The topological polar surface area (TPSA) is 79.7 Å². The zero-order chi connectivity index (χ0) is 13.8. The summed E-state index contributed by atoms with van der Waals surface area (Å²) in [4.78, 5) is 15.1. The van der Waals surface area contributed by atoms with Crippen molar-refractivity contribution in [3.8, 4) is 0 Å². The van der Waals surface area contributed by atoms with Crippen molar-refractivity contribution in [3.05, 3.63) is 42.2 Å². The number of aromatic nitrogens is 1. The summed E-state index contributed by atoms with van der Waals surface area (Å²) in [6.07, 6.45) is 0.694. The molecule has 0 aliphatic rings. The molecule has 0 spiro atoms. The first-order chi connectivity index (χ1) is 9.13. The lowest BCUT2D eigenvalue weighted by atomic mass is 9.97. The van der Waals surface area contributed by atoms with E-state index in [1.165, 1.54) is 7.11 Å². The average molecular weight is 261 g/mol. The first-order valence-corrected chi connectivity index (χ1v) is 5.89. The van der Waals surface area contributed by atoms with E-state index in [-0.39, 0.29) is 6.42 Å². The molecule has 0 amide bonds. The van der Waals surface area contributed by atoms with Crippen LogP contribution in [0.3, 0.4) is 0 Å². The molecule has 100 valence electrons. The summed E-state index contributed by atoms with van der Waals surface area (Å²) in [6.45, 7) is 0. The van der Waals surface area contributed by atoms with E-state index in [1.54, 1.807) is 30.6 Å². The van der Waals surface area contributed by atoms with Gasteiger partial charge in [0.1, 0.15) is 6.10 Å². The third-order valence-corrected chi connectivity index (χ3v) is 3.00. The molecule has 0 saturated carbocycles. The van der Waals surface area contributed by atoms with Crippen LogP contribution in [0.15, 0.2) is 36.7 Å². The molecule has 19 heavy (non-hydrogen) atoms. The number of nitrogens with zero attached hydrogens (tertiary/aromatic N) is 1. The zero-order valence-corrected chi connectivity index (χ0v) is 10.5. The van der Waals surface area contributed by atoms with Crippen molar-refractivity contribution in [1.29, 1.82) is 0 Å². The standard InChI is InChI=1S/C14H15NO4/c1-19-13(17)7-12(16)14(18)11-4-2-3-9-8-15-6-5-10(9)11/h2-6,8,12,14,16,18H,7H2,1H3. The SMILES string of the molecule is COC(=O)CC(O)C(O)c1cccc2cnccc12. The summed E-state index contributed by atoms with van der Waals surface area (Å²) in [5.41, 5.74) is 0.566. The minimum Gasteiger partial charge on any atom is -0.469 e. The molecule has 0 radical (unpaired) electrons. The number of rotatable bonds is 4. The number of esters is 1. The first-order valence-electron chi connectivity index (χ1n) is 5.89. The number of aliphatic hydroxyl groups is 2. The van der Waals surface area contributed by atoms with E-state index in [1.807, 2.05) is 6.07 Å². The molecule has 5 nitrogen and oxygen atoms in total. The normalized spacial score (nSPS) is 14.1.